The van der Waals surface area contributed by atoms with Crippen molar-refractivity contribution in [3.63, 3.8) is 0 Å². The fourth-order valence-electron chi connectivity index (χ4n) is 3.29. The Hall–Kier alpha value is -0.0800. The van der Waals surface area contributed by atoms with Crippen molar-refractivity contribution >= 4 is 0 Å². The maximum Gasteiger partial charge on any atom is 0.0181 e. The van der Waals surface area contributed by atoms with E-state index in [0.717, 1.165) is 12.5 Å². The number of nitrogens with one attached hydrogen (secondary N) is 1. The van der Waals surface area contributed by atoms with Crippen LogP contribution in [0.2, 0.25) is 0 Å². The number of likely N-dealkylation sites (tertiary alicyclic amines) is 1. The predicted molar refractivity (Wildman–Crippen MR) is 65.1 cm³/mol. The molecule has 2 nitrogen and oxygen atoms in total. The van der Waals surface area contributed by atoms with E-state index in [1.807, 2.05) is 0 Å². The second-order valence-electron chi connectivity index (χ2n) is 5.61. The van der Waals surface area contributed by atoms with Gasteiger partial charge in [0, 0.05) is 12.1 Å². The Labute approximate surface area is 94.4 Å². The lowest BCUT2D eigenvalue weighted by molar-refractivity contribution is 0.136. The standard InChI is InChI=1S/C13H26N2/c1-3-14-10-12-6-9-15(11-12)13(2)7-4-5-8-13/h12,14H,3-11H2,1-2H3. The van der Waals surface area contributed by atoms with Crippen LogP contribution >= 0.6 is 0 Å². The Morgan fingerprint density at radius 3 is 2.73 bits per heavy atom. The topological polar surface area (TPSA) is 15.3 Å². The summed E-state index contributed by atoms with van der Waals surface area (Å²) in [5, 5.41) is 3.49. The van der Waals surface area contributed by atoms with Gasteiger partial charge in [-0.05, 0) is 51.7 Å². The van der Waals surface area contributed by atoms with E-state index in [-0.39, 0.29) is 0 Å². The summed E-state index contributed by atoms with van der Waals surface area (Å²) in [6.45, 7) is 9.70. The van der Waals surface area contributed by atoms with Crippen LogP contribution in [0.1, 0.15) is 46.0 Å². The van der Waals surface area contributed by atoms with Crippen molar-refractivity contribution in [1.29, 1.82) is 0 Å². The lowest BCUT2D eigenvalue weighted by Gasteiger charge is -2.35. The number of hydrogen-bond donors (Lipinski definition) is 1. The normalized spacial score (nSPS) is 31.2. The maximum absolute atomic E-state index is 3.49. The molecule has 1 heterocycles. The van der Waals surface area contributed by atoms with Crippen molar-refractivity contribution in [1.82, 2.24) is 10.2 Å². The number of hydrogen-bond acceptors (Lipinski definition) is 2. The molecule has 1 aliphatic heterocycles. The van der Waals surface area contributed by atoms with E-state index in [2.05, 4.69) is 24.1 Å². The highest BCUT2D eigenvalue weighted by atomic mass is 15.2. The van der Waals surface area contributed by atoms with Crippen molar-refractivity contribution in [3.05, 3.63) is 0 Å². The van der Waals surface area contributed by atoms with Crippen LogP contribution in [-0.2, 0) is 0 Å². The summed E-state index contributed by atoms with van der Waals surface area (Å²) < 4.78 is 0. The highest BCUT2D eigenvalue weighted by molar-refractivity contribution is 4.94. The molecule has 2 heteroatoms. The van der Waals surface area contributed by atoms with Crippen LogP contribution in [-0.4, -0.2) is 36.6 Å². The number of nitrogens with zero attached hydrogens (tertiary/aromatic N) is 1. The average Bonchev–Trinajstić information content (AvgIpc) is 2.84. The van der Waals surface area contributed by atoms with Gasteiger partial charge in [0.25, 0.3) is 0 Å². The zero-order valence-electron chi connectivity index (χ0n) is 10.4. The molecule has 15 heavy (non-hydrogen) atoms. The maximum atomic E-state index is 3.49. The van der Waals surface area contributed by atoms with E-state index in [4.69, 9.17) is 0 Å². The lowest BCUT2D eigenvalue weighted by Crippen LogP contribution is -2.43. The molecular formula is C13H26N2. The van der Waals surface area contributed by atoms with Gasteiger partial charge in [0.05, 0.1) is 0 Å². The molecule has 88 valence electrons. The van der Waals surface area contributed by atoms with Gasteiger partial charge in [-0.25, -0.2) is 0 Å². The quantitative estimate of drug-likeness (QED) is 0.765. The van der Waals surface area contributed by atoms with Crippen LogP contribution < -0.4 is 5.32 Å². The third kappa shape index (κ3) is 2.54. The second kappa shape index (κ2) is 4.84. The average molecular weight is 210 g/mol. The first kappa shape index (κ1) is 11.4. The summed E-state index contributed by atoms with van der Waals surface area (Å²) in [6, 6.07) is 0. The van der Waals surface area contributed by atoms with Crippen LogP contribution in [0.5, 0.6) is 0 Å². The van der Waals surface area contributed by atoms with Crippen LogP contribution in [0.3, 0.4) is 0 Å². The molecule has 0 aromatic rings. The summed E-state index contributed by atoms with van der Waals surface area (Å²) in [7, 11) is 0. The smallest absolute Gasteiger partial charge is 0.0181 e. The molecule has 2 aliphatic rings. The molecule has 1 saturated carbocycles. The fourth-order valence-corrected chi connectivity index (χ4v) is 3.29. The SMILES string of the molecule is CCNCC1CCN(C2(C)CCCC2)C1. The van der Waals surface area contributed by atoms with Crippen molar-refractivity contribution in [2.75, 3.05) is 26.2 Å². The third-order valence-electron chi connectivity index (χ3n) is 4.41. The minimum Gasteiger partial charge on any atom is -0.317 e. The highest BCUT2D eigenvalue weighted by Crippen LogP contribution is 2.37. The van der Waals surface area contributed by atoms with Crippen LogP contribution in [0.25, 0.3) is 0 Å². The summed E-state index contributed by atoms with van der Waals surface area (Å²) in [5.74, 6) is 0.905. The minimum absolute atomic E-state index is 0.557. The summed E-state index contributed by atoms with van der Waals surface area (Å²) in [6.07, 6.45) is 7.17. The van der Waals surface area contributed by atoms with Crippen LogP contribution in [0.4, 0.5) is 0 Å². The van der Waals surface area contributed by atoms with Crippen molar-refractivity contribution < 1.29 is 0 Å². The zero-order chi connectivity index (χ0) is 10.7. The molecule has 2 fully saturated rings. The first-order valence-electron chi connectivity index (χ1n) is 6.70. The van der Waals surface area contributed by atoms with Gasteiger partial charge in [0.1, 0.15) is 0 Å². The first-order chi connectivity index (χ1) is 7.24. The molecule has 0 spiro atoms. The molecule has 0 bridgehead atoms. The van der Waals surface area contributed by atoms with Gasteiger partial charge in [-0.1, -0.05) is 19.8 Å². The van der Waals surface area contributed by atoms with Crippen molar-refractivity contribution in [3.8, 4) is 0 Å². The predicted octanol–water partition coefficient (Wildman–Crippen LogP) is 2.25. The van der Waals surface area contributed by atoms with E-state index in [0.29, 0.717) is 5.54 Å². The van der Waals surface area contributed by atoms with Gasteiger partial charge in [0.2, 0.25) is 0 Å². The molecule has 0 aromatic carbocycles. The molecule has 1 atom stereocenters. The first-order valence-corrected chi connectivity index (χ1v) is 6.70. The highest BCUT2D eigenvalue weighted by Gasteiger charge is 2.38. The monoisotopic (exact) mass is 210 g/mol. The molecule has 1 saturated heterocycles. The van der Waals surface area contributed by atoms with E-state index < -0.39 is 0 Å². The molecular weight excluding hydrogens is 184 g/mol. The van der Waals surface area contributed by atoms with Crippen molar-refractivity contribution in [2.45, 2.75) is 51.5 Å². The van der Waals surface area contributed by atoms with Gasteiger partial charge in [-0.3, -0.25) is 4.90 Å². The summed E-state index contributed by atoms with van der Waals surface area (Å²) in [4.78, 5) is 2.77. The van der Waals surface area contributed by atoms with Crippen LogP contribution in [0, 0.1) is 5.92 Å². The molecule has 0 radical (unpaired) electrons. The van der Waals surface area contributed by atoms with Gasteiger partial charge in [0.15, 0.2) is 0 Å². The Bertz CT molecular complexity index is 197. The van der Waals surface area contributed by atoms with Gasteiger partial charge in [-0.15, -0.1) is 0 Å². The molecule has 1 N–H and O–H groups in total. The van der Waals surface area contributed by atoms with E-state index in [1.165, 1.54) is 51.7 Å². The Morgan fingerprint density at radius 1 is 1.33 bits per heavy atom. The molecule has 2 rings (SSSR count). The van der Waals surface area contributed by atoms with E-state index in [9.17, 15) is 0 Å². The zero-order valence-corrected chi connectivity index (χ0v) is 10.4. The molecule has 1 aliphatic carbocycles. The second-order valence-corrected chi connectivity index (χ2v) is 5.61. The Morgan fingerprint density at radius 2 is 2.07 bits per heavy atom. The van der Waals surface area contributed by atoms with Gasteiger partial charge in [-0.2, -0.15) is 0 Å². The molecule has 0 amide bonds. The molecule has 0 aromatic heterocycles. The lowest BCUT2D eigenvalue weighted by atomic mass is 9.98. The van der Waals surface area contributed by atoms with E-state index >= 15 is 0 Å². The van der Waals surface area contributed by atoms with E-state index in [1.54, 1.807) is 0 Å². The van der Waals surface area contributed by atoms with Gasteiger partial charge < -0.3 is 5.32 Å². The molecule has 1 unspecified atom stereocenters. The fraction of sp³-hybridized carbons (Fsp3) is 1.00. The van der Waals surface area contributed by atoms with Gasteiger partial charge >= 0.3 is 0 Å². The summed E-state index contributed by atoms with van der Waals surface area (Å²) in [5.41, 5.74) is 0.557. The third-order valence-corrected chi connectivity index (χ3v) is 4.41. The number of rotatable bonds is 4. The minimum atomic E-state index is 0.557. The Kier molecular flexibility index (Phi) is 3.68. The van der Waals surface area contributed by atoms with Crippen molar-refractivity contribution in [2.24, 2.45) is 5.92 Å². The van der Waals surface area contributed by atoms with Crippen LogP contribution in [0.15, 0.2) is 0 Å². The Balaban J connectivity index is 1.81. The largest absolute Gasteiger partial charge is 0.317 e. The summed E-state index contributed by atoms with van der Waals surface area (Å²) >= 11 is 0.